The molecule has 3 aromatic carbocycles. The SMILES string of the molecule is c1ccc(C2OCC(c3ccccc3)(c3ccccc3)O2)cc1. The number of benzene rings is 3. The van der Waals surface area contributed by atoms with E-state index in [1.165, 1.54) is 0 Å². The van der Waals surface area contributed by atoms with Crippen LogP contribution in [0.4, 0.5) is 0 Å². The Morgan fingerprint density at radius 3 is 1.65 bits per heavy atom. The minimum Gasteiger partial charge on any atom is -0.345 e. The summed E-state index contributed by atoms with van der Waals surface area (Å²) in [4.78, 5) is 0. The van der Waals surface area contributed by atoms with Gasteiger partial charge in [-0.05, 0) is 11.1 Å². The van der Waals surface area contributed by atoms with Crippen LogP contribution in [0, 0.1) is 0 Å². The maximum Gasteiger partial charge on any atom is 0.185 e. The second-order valence-electron chi connectivity index (χ2n) is 5.73. The molecule has 0 spiro atoms. The summed E-state index contributed by atoms with van der Waals surface area (Å²) in [5.41, 5.74) is 2.71. The van der Waals surface area contributed by atoms with E-state index >= 15 is 0 Å². The molecular formula is C21H18O2. The summed E-state index contributed by atoms with van der Waals surface area (Å²) in [6, 6.07) is 30.7. The average molecular weight is 302 g/mol. The van der Waals surface area contributed by atoms with Crippen LogP contribution in [0.25, 0.3) is 0 Å². The summed E-state index contributed by atoms with van der Waals surface area (Å²) in [5.74, 6) is 0. The van der Waals surface area contributed by atoms with Crippen LogP contribution in [0.1, 0.15) is 23.0 Å². The first-order valence-electron chi connectivity index (χ1n) is 7.84. The standard InChI is InChI=1S/C21H18O2/c1-4-10-17(11-5-1)20-22-16-21(23-20,18-12-6-2-7-13-18)19-14-8-3-9-15-19/h1-15,20H,16H2. The molecule has 0 aromatic heterocycles. The summed E-state index contributed by atoms with van der Waals surface area (Å²) < 4.78 is 12.5. The van der Waals surface area contributed by atoms with Gasteiger partial charge in [0.15, 0.2) is 6.29 Å². The highest BCUT2D eigenvalue weighted by atomic mass is 16.7. The van der Waals surface area contributed by atoms with Gasteiger partial charge in [-0.2, -0.15) is 0 Å². The smallest absolute Gasteiger partial charge is 0.185 e. The zero-order valence-electron chi connectivity index (χ0n) is 12.8. The van der Waals surface area contributed by atoms with Gasteiger partial charge in [0.05, 0.1) is 6.61 Å². The zero-order valence-corrected chi connectivity index (χ0v) is 12.8. The van der Waals surface area contributed by atoms with Gasteiger partial charge in [-0.25, -0.2) is 0 Å². The molecule has 0 bridgehead atoms. The third-order valence-electron chi connectivity index (χ3n) is 4.30. The van der Waals surface area contributed by atoms with Gasteiger partial charge < -0.3 is 9.47 Å². The van der Waals surface area contributed by atoms with Gasteiger partial charge in [0.25, 0.3) is 0 Å². The van der Waals surface area contributed by atoms with Gasteiger partial charge >= 0.3 is 0 Å². The van der Waals surface area contributed by atoms with Crippen molar-refractivity contribution in [3.63, 3.8) is 0 Å². The van der Waals surface area contributed by atoms with E-state index in [2.05, 4.69) is 24.3 Å². The van der Waals surface area contributed by atoms with Gasteiger partial charge in [-0.15, -0.1) is 0 Å². The van der Waals surface area contributed by atoms with Crippen LogP contribution in [-0.2, 0) is 15.1 Å². The second kappa shape index (κ2) is 5.99. The number of hydrogen-bond acceptors (Lipinski definition) is 2. The maximum absolute atomic E-state index is 6.48. The predicted octanol–water partition coefficient (Wildman–Crippen LogP) is 4.68. The lowest BCUT2D eigenvalue weighted by molar-refractivity contribution is -0.0822. The molecule has 2 nitrogen and oxygen atoms in total. The summed E-state index contributed by atoms with van der Waals surface area (Å²) in [6.07, 6.45) is -0.350. The first-order valence-corrected chi connectivity index (χ1v) is 7.84. The van der Waals surface area contributed by atoms with Crippen molar-refractivity contribution in [3.05, 3.63) is 108 Å². The van der Waals surface area contributed by atoms with Gasteiger partial charge in [0.2, 0.25) is 0 Å². The number of hydrogen-bond donors (Lipinski definition) is 0. The van der Waals surface area contributed by atoms with E-state index in [1.54, 1.807) is 0 Å². The van der Waals surface area contributed by atoms with E-state index in [4.69, 9.17) is 9.47 Å². The molecule has 0 radical (unpaired) electrons. The molecular weight excluding hydrogens is 284 g/mol. The fraction of sp³-hybridized carbons (Fsp3) is 0.143. The highest BCUT2D eigenvalue weighted by Gasteiger charge is 2.44. The van der Waals surface area contributed by atoms with Crippen molar-refractivity contribution in [1.82, 2.24) is 0 Å². The van der Waals surface area contributed by atoms with Gasteiger partial charge in [0, 0.05) is 5.56 Å². The van der Waals surface area contributed by atoms with E-state index in [1.807, 2.05) is 66.7 Å². The van der Waals surface area contributed by atoms with Crippen LogP contribution in [0.5, 0.6) is 0 Å². The van der Waals surface area contributed by atoms with Gasteiger partial charge in [0.1, 0.15) is 5.60 Å². The Bertz CT molecular complexity index is 714. The summed E-state index contributed by atoms with van der Waals surface area (Å²) in [5, 5.41) is 0. The van der Waals surface area contributed by atoms with Crippen molar-refractivity contribution < 1.29 is 9.47 Å². The van der Waals surface area contributed by atoms with Gasteiger partial charge in [-0.1, -0.05) is 91.0 Å². The highest BCUT2D eigenvalue weighted by molar-refractivity contribution is 5.38. The Kier molecular flexibility index (Phi) is 3.70. The van der Waals surface area contributed by atoms with Crippen LogP contribution in [-0.4, -0.2) is 6.61 Å². The molecule has 0 amide bonds. The first-order chi connectivity index (χ1) is 11.4. The van der Waals surface area contributed by atoms with Crippen molar-refractivity contribution in [2.45, 2.75) is 11.9 Å². The topological polar surface area (TPSA) is 18.5 Å². The zero-order chi connectivity index (χ0) is 15.5. The number of ether oxygens (including phenoxy) is 2. The fourth-order valence-electron chi connectivity index (χ4n) is 3.10. The van der Waals surface area contributed by atoms with E-state index < -0.39 is 5.60 Å². The van der Waals surface area contributed by atoms with Crippen LogP contribution in [0.3, 0.4) is 0 Å². The minimum atomic E-state index is -0.566. The lowest BCUT2D eigenvalue weighted by atomic mass is 9.87. The predicted molar refractivity (Wildman–Crippen MR) is 89.9 cm³/mol. The van der Waals surface area contributed by atoms with E-state index in [0.29, 0.717) is 6.61 Å². The largest absolute Gasteiger partial charge is 0.345 e. The third-order valence-corrected chi connectivity index (χ3v) is 4.30. The van der Waals surface area contributed by atoms with Crippen molar-refractivity contribution >= 4 is 0 Å². The quantitative estimate of drug-likeness (QED) is 0.699. The molecule has 0 saturated carbocycles. The lowest BCUT2D eigenvalue weighted by Crippen LogP contribution is -2.30. The Hall–Kier alpha value is -2.42. The van der Waals surface area contributed by atoms with E-state index in [9.17, 15) is 0 Å². The fourth-order valence-corrected chi connectivity index (χ4v) is 3.10. The molecule has 2 heteroatoms. The van der Waals surface area contributed by atoms with E-state index in [0.717, 1.165) is 16.7 Å². The summed E-state index contributed by atoms with van der Waals surface area (Å²) in [7, 11) is 0. The van der Waals surface area contributed by atoms with Gasteiger partial charge in [-0.3, -0.25) is 0 Å². The van der Waals surface area contributed by atoms with Crippen LogP contribution >= 0.6 is 0 Å². The maximum atomic E-state index is 6.48. The molecule has 1 fully saturated rings. The lowest BCUT2D eigenvalue weighted by Gasteiger charge is -2.28. The normalized spacial score (nSPS) is 19.6. The van der Waals surface area contributed by atoms with Crippen molar-refractivity contribution in [2.75, 3.05) is 6.61 Å². The Morgan fingerprint density at radius 1 is 0.652 bits per heavy atom. The Balaban J connectivity index is 1.77. The molecule has 1 aliphatic heterocycles. The molecule has 23 heavy (non-hydrogen) atoms. The average Bonchev–Trinajstić information content (AvgIpc) is 3.11. The third kappa shape index (κ3) is 2.56. The van der Waals surface area contributed by atoms with Crippen molar-refractivity contribution in [2.24, 2.45) is 0 Å². The van der Waals surface area contributed by atoms with Crippen LogP contribution in [0.15, 0.2) is 91.0 Å². The summed E-state index contributed by atoms with van der Waals surface area (Å²) in [6.45, 7) is 0.501. The first kappa shape index (κ1) is 14.2. The number of rotatable bonds is 3. The molecule has 4 rings (SSSR count). The molecule has 1 atom stereocenters. The van der Waals surface area contributed by atoms with Crippen LogP contribution in [0.2, 0.25) is 0 Å². The van der Waals surface area contributed by atoms with Crippen molar-refractivity contribution in [3.8, 4) is 0 Å². The molecule has 1 unspecified atom stereocenters. The molecule has 1 saturated heterocycles. The molecule has 1 heterocycles. The molecule has 3 aromatic rings. The van der Waals surface area contributed by atoms with E-state index in [-0.39, 0.29) is 6.29 Å². The Labute approximate surface area is 136 Å². The second-order valence-corrected chi connectivity index (χ2v) is 5.73. The molecule has 1 aliphatic rings. The van der Waals surface area contributed by atoms with Crippen molar-refractivity contribution in [1.29, 1.82) is 0 Å². The Morgan fingerprint density at radius 2 is 1.13 bits per heavy atom. The minimum absolute atomic E-state index is 0.350. The monoisotopic (exact) mass is 302 g/mol. The van der Waals surface area contributed by atoms with Crippen LogP contribution < -0.4 is 0 Å². The molecule has 0 aliphatic carbocycles. The summed E-state index contributed by atoms with van der Waals surface area (Å²) >= 11 is 0. The molecule has 114 valence electrons. The molecule has 0 N–H and O–H groups in total. The highest BCUT2D eigenvalue weighted by Crippen LogP contribution is 2.44.